The SMILES string of the molecule is COCCC(C)(C)CNC(C)c1ccc(OC)cc1. The summed E-state index contributed by atoms with van der Waals surface area (Å²) >= 11 is 0. The lowest BCUT2D eigenvalue weighted by molar-refractivity contribution is 0.149. The quantitative estimate of drug-likeness (QED) is 0.781. The van der Waals surface area contributed by atoms with Crippen LogP contribution in [0.5, 0.6) is 5.75 Å². The maximum Gasteiger partial charge on any atom is 0.118 e. The Morgan fingerprint density at radius 1 is 1.16 bits per heavy atom. The smallest absolute Gasteiger partial charge is 0.118 e. The summed E-state index contributed by atoms with van der Waals surface area (Å²) in [5, 5.41) is 3.59. The molecule has 1 atom stereocenters. The standard InChI is InChI=1S/C16H27NO2/c1-13(14-6-8-15(19-5)9-7-14)17-12-16(2,3)10-11-18-4/h6-9,13,17H,10-12H2,1-5H3. The van der Waals surface area contributed by atoms with E-state index in [4.69, 9.17) is 9.47 Å². The van der Waals surface area contributed by atoms with Crippen molar-refractivity contribution in [3.05, 3.63) is 29.8 Å². The Kier molecular flexibility index (Phi) is 6.32. The molecule has 1 aromatic rings. The molecule has 0 bridgehead atoms. The second-order valence-corrected chi connectivity index (χ2v) is 5.78. The van der Waals surface area contributed by atoms with E-state index in [1.54, 1.807) is 14.2 Å². The van der Waals surface area contributed by atoms with Gasteiger partial charge in [0.2, 0.25) is 0 Å². The highest BCUT2D eigenvalue weighted by Gasteiger charge is 2.18. The largest absolute Gasteiger partial charge is 0.497 e. The fourth-order valence-electron chi connectivity index (χ4n) is 1.91. The summed E-state index contributed by atoms with van der Waals surface area (Å²) in [6.07, 6.45) is 1.06. The summed E-state index contributed by atoms with van der Waals surface area (Å²) in [5.41, 5.74) is 1.53. The highest BCUT2D eigenvalue weighted by atomic mass is 16.5. The van der Waals surface area contributed by atoms with Crippen molar-refractivity contribution in [2.24, 2.45) is 5.41 Å². The Labute approximate surface area is 117 Å². The fourth-order valence-corrected chi connectivity index (χ4v) is 1.91. The molecule has 0 aromatic heterocycles. The third-order valence-electron chi connectivity index (χ3n) is 3.49. The zero-order chi connectivity index (χ0) is 14.3. The van der Waals surface area contributed by atoms with Gasteiger partial charge in [0.1, 0.15) is 5.75 Å². The van der Waals surface area contributed by atoms with E-state index in [9.17, 15) is 0 Å². The zero-order valence-corrected chi connectivity index (χ0v) is 12.8. The summed E-state index contributed by atoms with van der Waals surface area (Å²) in [4.78, 5) is 0. The third kappa shape index (κ3) is 5.62. The van der Waals surface area contributed by atoms with E-state index < -0.39 is 0 Å². The van der Waals surface area contributed by atoms with Crippen molar-refractivity contribution in [3.63, 3.8) is 0 Å². The van der Waals surface area contributed by atoms with Crippen molar-refractivity contribution in [2.75, 3.05) is 27.4 Å². The minimum atomic E-state index is 0.247. The maximum atomic E-state index is 5.17. The van der Waals surface area contributed by atoms with Gasteiger partial charge in [0.05, 0.1) is 7.11 Å². The van der Waals surface area contributed by atoms with Crippen molar-refractivity contribution in [3.8, 4) is 5.75 Å². The predicted molar refractivity (Wildman–Crippen MR) is 79.7 cm³/mol. The molecular weight excluding hydrogens is 238 g/mol. The number of benzene rings is 1. The molecule has 0 fully saturated rings. The molecular formula is C16H27NO2. The Morgan fingerprint density at radius 2 is 1.79 bits per heavy atom. The molecule has 0 radical (unpaired) electrons. The van der Waals surface area contributed by atoms with E-state index in [0.29, 0.717) is 6.04 Å². The van der Waals surface area contributed by atoms with Gasteiger partial charge in [0.25, 0.3) is 0 Å². The molecule has 108 valence electrons. The Hall–Kier alpha value is -1.06. The first-order chi connectivity index (χ1) is 8.98. The number of rotatable bonds is 8. The normalized spacial score (nSPS) is 13.3. The monoisotopic (exact) mass is 265 g/mol. The molecule has 3 heteroatoms. The number of nitrogens with one attached hydrogen (secondary N) is 1. The lowest BCUT2D eigenvalue weighted by atomic mass is 9.89. The third-order valence-corrected chi connectivity index (χ3v) is 3.49. The van der Waals surface area contributed by atoms with Crippen LogP contribution in [-0.2, 0) is 4.74 Å². The van der Waals surface area contributed by atoms with Gasteiger partial charge in [0.15, 0.2) is 0 Å². The van der Waals surface area contributed by atoms with Crippen molar-refractivity contribution < 1.29 is 9.47 Å². The van der Waals surface area contributed by atoms with Crippen LogP contribution in [0, 0.1) is 5.41 Å². The van der Waals surface area contributed by atoms with Crippen LogP contribution in [0.3, 0.4) is 0 Å². The van der Waals surface area contributed by atoms with E-state index >= 15 is 0 Å². The summed E-state index contributed by atoms with van der Waals surface area (Å²) in [6.45, 7) is 8.50. The minimum Gasteiger partial charge on any atom is -0.497 e. The van der Waals surface area contributed by atoms with Crippen LogP contribution < -0.4 is 10.1 Å². The Morgan fingerprint density at radius 3 is 2.32 bits per heavy atom. The first-order valence-corrected chi connectivity index (χ1v) is 6.85. The average molecular weight is 265 g/mol. The Bertz CT molecular complexity index is 360. The van der Waals surface area contributed by atoms with E-state index in [1.165, 1.54) is 5.56 Å². The van der Waals surface area contributed by atoms with Gasteiger partial charge < -0.3 is 14.8 Å². The van der Waals surface area contributed by atoms with Crippen molar-refractivity contribution in [2.45, 2.75) is 33.2 Å². The van der Waals surface area contributed by atoms with Crippen LogP contribution >= 0.6 is 0 Å². The van der Waals surface area contributed by atoms with E-state index in [-0.39, 0.29) is 5.41 Å². The molecule has 1 N–H and O–H groups in total. The summed E-state index contributed by atoms with van der Waals surface area (Å²) in [6, 6.07) is 8.57. The summed E-state index contributed by atoms with van der Waals surface area (Å²) in [7, 11) is 3.44. The number of ether oxygens (including phenoxy) is 2. The first-order valence-electron chi connectivity index (χ1n) is 6.85. The molecule has 1 rings (SSSR count). The Balaban J connectivity index is 2.47. The van der Waals surface area contributed by atoms with Gasteiger partial charge in [-0.1, -0.05) is 26.0 Å². The number of hydrogen-bond acceptors (Lipinski definition) is 3. The summed E-state index contributed by atoms with van der Waals surface area (Å²) in [5.74, 6) is 0.899. The molecule has 0 amide bonds. The maximum absolute atomic E-state index is 5.17. The second kappa shape index (κ2) is 7.51. The van der Waals surface area contributed by atoms with Gasteiger partial charge in [-0.05, 0) is 36.5 Å². The summed E-state index contributed by atoms with van der Waals surface area (Å²) < 4.78 is 10.3. The van der Waals surface area contributed by atoms with Gasteiger partial charge in [-0.25, -0.2) is 0 Å². The van der Waals surface area contributed by atoms with Crippen molar-refractivity contribution >= 4 is 0 Å². The molecule has 0 aliphatic heterocycles. The number of hydrogen-bond donors (Lipinski definition) is 1. The van der Waals surface area contributed by atoms with Crippen molar-refractivity contribution in [1.29, 1.82) is 0 Å². The van der Waals surface area contributed by atoms with E-state index in [1.807, 2.05) is 12.1 Å². The van der Waals surface area contributed by atoms with Gasteiger partial charge in [0, 0.05) is 26.3 Å². The van der Waals surface area contributed by atoms with Gasteiger partial charge in [-0.15, -0.1) is 0 Å². The molecule has 1 aromatic carbocycles. The van der Waals surface area contributed by atoms with Crippen LogP contribution in [-0.4, -0.2) is 27.4 Å². The van der Waals surface area contributed by atoms with E-state index in [0.717, 1.165) is 25.3 Å². The molecule has 19 heavy (non-hydrogen) atoms. The van der Waals surface area contributed by atoms with Gasteiger partial charge >= 0.3 is 0 Å². The molecule has 1 unspecified atom stereocenters. The van der Waals surface area contributed by atoms with Crippen LogP contribution in [0.4, 0.5) is 0 Å². The first kappa shape index (κ1) is 16.0. The molecule has 0 aliphatic carbocycles. The topological polar surface area (TPSA) is 30.5 Å². The zero-order valence-electron chi connectivity index (χ0n) is 12.8. The lowest BCUT2D eigenvalue weighted by Crippen LogP contribution is -2.32. The molecule has 0 heterocycles. The van der Waals surface area contributed by atoms with Gasteiger partial charge in [-0.2, -0.15) is 0 Å². The molecule has 0 saturated carbocycles. The van der Waals surface area contributed by atoms with Crippen LogP contribution in [0.25, 0.3) is 0 Å². The van der Waals surface area contributed by atoms with Gasteiger partial charge in [-0.3, -0.25) is 0 Å². The molecule has 0 spiro atoms. The van der Waals surface area contributed by atoms with E-state index in [2.05, 4.69) is 38.2 Å². The average Bonchev–Trinajstić information content (AvgIpc) is 2.43. The second-order valence-electron chi connectivity index (χ2n) is 5.78. The molecule has 0 saturated heterocycles. The molecule has 3 nitrogen and oxygen atoms in total. The highest BCUT2D eigenvalue weighted by molar-refractivity contribution is 5.28. The van der Waals surface area contributed by atoms with Crippen LogP contribution in [0.15, 0.2) is 24.3 Å². The number of methoxy groups -OCH3 is 2. The fraction of sp³-hybridized carbons (Fsp3) is 0.625. The van der Waals surface area contributed by atoms with Crippen molar-refractivity contribution in [1.82, 2.24) is 5.32 Å². The van der Waals surface area contributed by atoms with Crippen LogP contribution in [0.1, 0.15) is 38.8 Å². The molecule has 0 aliphatic rings. The predicted octanol–water partition coefficient (Wildman–Crippen LogP) is 3.41. The minimum absolute atomic E-state index is 0.247. The lowest BCUT2D eigenvalue weighted by Gasteiger charge is -2.27. The highest BCUT2D eigenvalue weighted by Crippen LogP contribution is 2.22. The van der Waals surface area contributed by atoms with Crippen LogP contribution in [0.2, 0.25) is 0 Å².